The third-order valence-corrected chi connectivity index (χ3v) is 3.60. The van der Waals surface area contributed by atoms with Crippen LogP contribution in [-0.2, 0) is 13.5 Å². The zero-order chi connectivity index (χ0) is 15.7. The predicted octanol–water partition coefficient (Wildman–Crippen LogP) is 2.39. The Balaban J connectivity index is 2.20. The molecule has 2 aromatic heterocycles. The molecule has 6 nitrogen and oxygen atoms in total. The van der Waals surface area contributed by atoms with Crippen molar-refractivity contribution in [2.45, 2.75) is 26.2 Å². The molecule has 0 saturated heterocycles. The van der Waals surface area contributed by atoms with Gasteiger partial charge in [0.05, 0.1) is 11.5 Å². The monoisotopic (exact) mass is 298 g/mol. The summed E-state index contributed by atoms with van der Waals surface area (Å²) in [5, 5.41) is 14.0. The molecule has 0 aliphatic heterocycles. The van der Waals surface area contributed by atoms with Crippen LogP contribution in [0.1, 0.15) is 31.3 Å². The first-order chi connectivity index (χ1) is 10.6. The molecule has 2 N–H and O–H groups in total. The molecule has 0 radical (unpaired) electrons. The Morgan fingerprint density at radius 2 is 2.23 bits per heavy atom. The van der Waals surface area contributed by atoms with E-state index >= 15 is 0 Å². The van der Waals surface area contributed by atoms with Crippen LogP contribution in [0.25, 0.3) is 16.6 Å². The van der Waals surface area contributed by atoms with E-state index in [9.17, 15) is 9.90 Å². The van der Waals surface area contributed by atoms with E-state index < -0.39 is 0 Å². The molecule has 2 heterocycles. The Bertz CT molecular complexity index is 868. The van der Waals surface area contributed by atoms with Gasteiger partial charge < -0.3 is 10.1 Å². The van der Waals surface area contributed by atoms with Gasteiger partial charge in [-0.1, -0.05) is 25.5 Å². The number of nitrogens with one attached hydrogen (secondary N) is 1. The molecule has 1 aliphatic carbocycles. The van der Waals surface area contributed by atoms with Crippen LogP contribution in [0.15, 0.2) is 34.9 Å². The number of hydrogen-bond donors (Lipinski definition) is 2. The summed E-state index contributed by atoms with van der Waals surface area (Å²) >= 11 is 0. The normalized spacial score (nSPS) is 14.8. The number of aromatic amines is 1. The van der Waals surface area contributed by atoms with E-state index in [1.54, 1.807) is 23.9 Å². The van der Waals surface area contributed by atoms with E-state index in [1.807, 2.05) is 12.2 Å². The molecule has 22 heavy (non-hydrogen) atoms. The van der Waals surface area contributed by atoms with E-state index in [0.29, 0.717) is 23.3 Å². The van der Waals surface area contributed by atoms with E-state index in [1.165, 1.54) is 0 Å². The van der Waals surface area contributed by atoms with Gasteiger partial charge in [-0.3, -0.25) is 9.48 Å². The maximum Gasteiger partial charge on any atom is 0.277 e. The van der Waals surface area contributed by atoms with Crippen LogP contribution in [0.4, 0.5) is 0 Å². The molecule has 1 aliphatic rings. The number of aryl methyl sites for hydroxylation is 2. The van der Waals surface area contributed by atoms with Crippen molar-refractivity contribution in [1.29, 1.82) is 0 Å². The van der Waals surface area contributed by atoms with Crippen LogP contribution in [0.2, 0.25) is 0 Å². The quantitative estimate of drug-likeness (QED) is 0.911. The molecule has 0 amide bonds. The van der Waals surface area contributed by atoms with Crippen molar-refractivity contribution in [3.8, 4) is 0 Å². The zero-order valence-electron chi connectivity index (χ0n) is 12.6. The van der Waals surface area contributed by atoms with Gasteiger partial charge in [0.25, 0.3) is 5.56 Å². The highest BCUT2D eigenvalue weighted by Gasteiger charge is 2.15. The number of H-pyrrole nitrogens is 1. The minimum absolute atomic E-state index is 0.205. The van der Waals surface area contributed by atoms with Crippen LogP contribution in [0, 0.1) is 0 Å². The van der Waals surface area contributed by atoms with E-state index in [4.69, 9.17) is 0 Å². The summed E-state index contributed by atoms with van der Waals surface area (Å²) in [6, 6.07) is 0. The Labute approximate surface area is 127 Å². The highest BCUT2D eigenvalue weighted by Crippen LogP contribution is 2.19. The summed E-state index contributed by atoms with van der Waals surface area (Å²) in [6.45, 7) is 2.07. The van der Waals surface area contributed by atoms with E-state index in [2.05, 4.69) is 22.0 Å². The molecule has 0 atom stereocenters. The van der Waals surface area contributed by atoms with Crippen LogP contribution in [0.5, 0.6) is 0 Å². The first-order valence-corrected chi connectivity index (χ1v) is 7.32. The first-order valence-electron chi connectivity index (χ1n) is 7.32. The topological polar surface area (TPSA) is 83.8 Å². The van der Waals surface area contributed by atoms with Crippen molar-refractivity contribution < 1.29 is 5.11 Å². The number of fused-ring (bicyclic) bond motifs is 1. The second-order valence-electron chi connectivity index (χ2n) is 5.32. The smallest absolute Gasteiger partial charge is 0.277 e. The van der Waals surface area contributed by atoms with E-state index in [0.717, 1.165) is 24.1 Å². The lowest BCUT2D eigenvalue weighted by Crippen LogP contribution is -2.13. The van der Waals surface area contributed by atoms with Crippen molar-refractivity contribution in [3.63, 3.8) is 0 Å². The van der Waals surface area contributed by atoms with Crippen LogP contribution < -0.4 is 5.56 Å². The van der Waals surface area contributed by atoms with Gasteiger partial charge in [0.2, 0.25) is 0 Å². The summed E-state index contributed by atoms with van der Waals surface area (Å²) in [5.74, 6) is 0.771. The highest BCUT2D eigenvalue weighted by molar-refractivity contribution is 5.80. The molecule has 0 fully saturated rings. The lowest BCUT2D eigenvalue weighted by atomic mass is 10.2. The van der Waals surface area contributed by atoms with Crippen molar-refractivity contribution in [1.82, 2.24) is 19.7 Å². The SMILES string of the molecule is CCCc1nn(C)c2c(=O)[nH]c(C3=CC=C(O)CC=C3)nc12. The van der Waals surface area contributed by atoms with Crippen molar-refractivity contribution in [3.05, 3.63) is 51.9 Å². The van der Waals surface area contributed by atoms with Crippen LogP contribution in [-0.4, -0.2) is 24.9 Å². The Morgan fingerprint density at radius 1 is 1.41 bits per heavy atom. The summed E-state index contributed by atoms with van der Waals surface area (Å²) in [5.41, 5.74) is 2.53. The predicted molar refractivity (Wildman–Crippen MR) is 85.6 cm³/mol. The minimum atomic E-state index is -0.205. The maximum atomic E-state index is 12.4. The lowest BCUT2D eigenvalue weighted by molar-refractivity contribution is 0.402. The van der Waals surface area contributed by atoms with Gasteiger partial charge in [0.15, 0.2) is 5.52 Å². The summed E-state index contributed by atoms with van der Waals surface area (Å²) < 4.78 is 1.58. The largest absolute Gasteiger partial charge is 0.512 e. The zero-order valence-corrected chi connectivity index (χ0v) is 12.6. The molecule has 0 unspecified atom stereocenters. The number of aliphatic hydroxyl groups is 1. The third-order valence-electron chi connectivity index (χ3n) is 3.60. The molecule has 0 spiro atoms. The van der Waals surface area contributed by atoms with Crippen molar-refractivity contribution in [2.75, 3.05) is 0 Å². The number of rotatable bonds is 3. The Morgan fingerprint density at radius 3 is 3.00 bits per heavy atom. The van der Waals surface area contributed by atoms with E-state index in [-0.39, 0.29) is 11.3 Å². The Hall–Kier alpha value is -2.63. The number of allylic oxidation sites excluding steroid dienone is 5. The number of aliphatic hydroxyl groups excluding tert-OH is 1. The standard InChI is InChI=1S/C16H18N4O2/c1-3-5-12-13-14(20(2)19-12)16(22)18-15(17-13)10-6-4-7-11(21)9-8-10/h4,6,8-9,21H,3,5,7H2,1-2H3,(H,17,18,22). The molecule has 6 heteroatoms. The van der Waals surface area contributed by atoms with Crippen LogP contribution >= 0.6 is 0 Å². The average Bonchev–Trinajstić information content (AvgIpc) is 2.66. The number of aromatic nitrogens is 4. The first kappa shape index (κ1) is 14.3. The highest BCUT2D eigenvalue weighted by atomic mass is 16.3. The van der Waals surface area contributed by atoms with Gasteiger partial charge in [-0.2, -0.15) is 5.10 Å². The summed E-state index contributed by atoms with van der Waals surface area (Å²) in [7, 11) is 1.75. The van der Waals surface area contributed by atoms with Gasteiger partial charge in [0.1, 0.15) is 11.3 Å². The summed E-state index contributed by atoms with van der Waals surface area (Å²) in [6.07, 6.45) is 9.25. The number of nitrogens with zero attached hydrogens (tertiary/aromatic N) is 3. The maximum absolute atomic E-state index is 12.4. The second-order valence-corrected chi connectivity index (χ2v) is 5.32. The Kier molecular flexibility index (Phi) is 3.66. The third kappa shape index (κ3) is 2.47. The fourth-order valence-corrected chi connectivity index (χ4v) is 2.56. The second kappa shape index (κ2) is 5.63. The molecule has 0 bridgehead atoms. The minimum Gasteiger partial charge on any atom is -0.512 e. The van der Waals surface area contributed by atoms with Gasteiger partial charge in [-0.25, -0.2) is 4.98 Å². The fraction of sp³-hybridized carbons (Fsp3) is 0.312. The van der Waals surface area contributed by atoms with Gasteiger partial charge in [0, 0.05) is 19.0 Å². The molecule has 2 aromatic rings. The van der Waals surface area contributed by atoms with Gasteiger partial charge in [-0.15, -0.1) is 0 Å². The lowest BCUT2D eigenvalue weighted by Gasteiger charge is -2.02. The van der Waals surface area contributed by atoms with Crippen molar-refractivity contribution in [2.24, 2.45) is 7.05 Å². The summed E-state index contributed by atoms with van der Waals surface area (Å²) in [4.78, 5) is 19.8. The van der Waals surface area contributed by atoms with Crippen molar-refractivity contribution >= 4 is 16.6 Å². The molecule has 0 saturated carbocycles. The molecule has 3 rings (SSSR count). The van der Waals surface area contributed by atoms with Crippen LogP contribution in [0.3, 0.4) is 0 Å². The average molecular weight is 298 g/mol. The number of hydrogen-bond acceptors (Lipinski definition) is 4. The fourth-order valence-electron chi connectivity index (χ4n) is 2.56. The van der Waals surface area contributed by atoms with Gasteiger partial charge in [-0.05, 0) is 18.6 Å². The van der Waals surface area contributed by atoms with Gasteiger partial charge >= 0.3 is 0 Å². The molecule has 0 aromatic carbocycles. The molecule has 114 valence electrons. The molecular weight excluding hydrogens is 280 g/mol. The molecular formula is C16H18N4O2.